The molecule has 110 valence electrons. The van der Waals surface area contributed by atoms with Crippen LogP contribution in [0.1, 0.15) is 29.7 Å². The van der Waals surface area contributed by atoms with E-state index in [4.69, 9.17) is 4.74 Å². The summed E-state index contributed by atoms with van der Waals surface area (Å²) in [4.78, 5) is 0. The number of hydrogen-bond acceptors (Lipinski definition) is 2. The minimum Gasteiger partial charge on any atom is -0.490 e. The molecule has 4 heteroatoms. The lowest BCUT2D eigenvalue weighted by Crippen LogP contribution is -2.18. The largest absolute Gasteiger partial charge is 0.490 e. The summed E-state index contributed by atoms with van der Waals surface area (Å²) in [5.41, 5.74) is 3.78. The molecule has 0 fully saturated rings. The number of fused-ring (bicyclic) bond motifs is 1. The molecule has 0 saturated carbocycles. The Labute approximate surface area is 142 Å². The Morgan fingerprint density at radius 2 is 2.00 bits per heavy atom. The van der Waals surface area contributed by atoms with Crippen LogP contribution in [0.4, 0.5) is 0 Å². The zero-order chi connectivity index (χ0) is 15.0. The van der Waals surface area contributed by atoms with E-state index in [0.717, 1.165) is 21.1 Å². The van der Waals surface area contributed by atoms with Gasteiger partial charge in [-0.1, -0.05) is 44.0 Å². The van der Waals surface area contributed by atoms with E-state index in [9.17, 15) is 0 Å². The summed E-state index contributed by atoms with van der Waals surface area (Å²) < 4.78 is 7.98. The fourth-order valence-electron chi connectivity index (χ4n) is 2.86. The van der Waals surface area contributed by atoms with Gasteiger partial charge in [0.15, 0.2) is 0 Å². The Bertz CT molecular complexity index is 672. The quantitative estimate of drug-likeness (QED) is 0.781. The first-order chi connectivity index (χ1) is 10.1. The minimum absolute atomic E-state index is 0.151. The van der Waals surface area contributed by atoms with Gasteiger partial charge in [0.2, 0.25) is 0 Å². The third-order valence-electron chi connectivity index (χ3n) is 3.81. The molecule has 1 N–H and O–H groups in total. The number of halogens is 2. The summed E-state index contributed by atoms with van der Waals surface area (Å²) in [5, 5.41) is 3.41. The molecular formula is C17H17Br2NO. The van der Waals surface area contributed by atoms with E-state index < -0.39 is 0 Å². The first-order valence-corrected chi connectivity index (χ1v) is 8.59. The molecule has 1 aliphatic heterocycles. The average Bonchev–Trinajstić information content (AvgIpc) is 2.83. The summed E-state index contributed by atoms with van der Waals surface area (Å²) in [6.07, 6.45) is 1.26. The number of rotatable bonds is 3. The number of nitrogens with one attached hydrogen (secondary N) is 1. The van der Waals surface area contributed by atoms with E-state index in [1.165, 1.54) is 16.7 Å². The number of hydrogen-bond donors (Lipinski definition) is 1. The zero-order valence-corrected chi connectivity index (χ0v) is 15.2. The van der Waals surface area contributed by atoms with Gasteiger partial charge in [-0.05, 0) is 54.9 Å². The van der Waals surface area contributed by atoms with Crippen molar-refractivity contribution in [2.45, 2.75) is 25.5 Å². The fourth-order valence-corrected chi connectivity index (χ4v) is 3.71. The highest BCUT2D eigenvalue weighted by Crippen LogP contribution is 2.35. The summed E-state index contributed by atoms with van der Waals surface area (Å²) in [5.74, 6) is 1.02. The van der Waals surface area contributed by atoms with Crippen molar-refractivity contribution >= 4 is 31.9 Å². The lowest BCUT2D eigenvalue weighted by atomic mass is 9.96. The predicted molar refractivity (Wildman–Crippen MR) is 93.0 cm³/mol. The lowest BCUT2D eigenvalue weighted by molar-refractivity contribution is 0.254. The summed E-state index contributed by atoms with van der Waals surface area (Å²) in [6.45, 7) is 2.11. The third-order valence-corrected chi connectivity index (χ3v) is 5.03. The van der Waals surface area contributed by atoms with Gasteiger partial charge in [-0.3, -0.25) is 0 Å². The number of benzene rings is 2. The maximum Gasteiger partial charge on any atom is 0.123 e. The van der Waals surface area contributed by atoms with Gasteiger partial charge in [0.1, 0.15) is 11.9 Å². The van der Waals surface area contributed by atoms with Crippen molar-refractivity contribution in [2.24, 2.45) is 0 Å². The molecule has 1 aliphatic rings. The molecule has 2 unspecified atom stereocenters. The molecule has 21 heavy (non-hydrogen) atoms. The van der Waals surface area contributed by atoms with E-state index in [2.05, 4.69) is 74.4 Å². The number of ether oxygens (including phenoxy) is 1. The first kappa shape index (κ1) is 15.1. The second-order valence-corrected chi connectivity index (χ2v) is 7.16. The molecule has 0 spiro atoms. The van der Waals surface area contributed by atoms with Gasteiger partial charge in [0.05, 0.1) is 6.04 Å². The molecule has 0 aliphatic carbocycles. The van der Waals surface area contributed by atoms with Crippen LogP contribution in [0, 0.1) is 0 Å². The smallest absolute Gasteiger partial charge is 0.123 e. The van der Waals surface area contributed by atoms with Gasteiger partial charge in [-0.2, -0.15) is 0 Å². The minimum atomic E-state index is 0.151. The standard InChI is InChI=1S/C17H17Br2NO/c1-10-7-12-8-11(3-6-16(12)21-10)17(20-2)14-9-13(18)4-5-15(14)19/h3-6,8-10,17,20H,7H2,1-2H3. The maximum atomic E-state index is 5.79. The SMILES string of the molecule is CNC(c1ccc2c(c1)CC(C)O2)c1cc(Br)ccc1Br. The highest BCUT2D eigenvalue weighted by atomic mass is 79.9. The monoisotopic (exact) mass is 409 g/mol. The van der Waals surface area contributed by atoms with Gasteiger partial charge in [0.25, 0.3) is 0 Å². The van der Waals surface area contributed by atoms with Crippen molar-refractivity contribution in [1.82, 2.24) is 5.32 Å². The second-order valence-electron chi connectivity index (χ2n) is 5.39. The highest BCUT2D eigenvalue weighted by Gasteiger charge is 2.22. The molecule has 0 aromatic heterocycles. The third kappa shape index (κ3) is 3.03. The van der Waals surface area contributed by atoms with Gasteiger partial charge in [-0.15, -0.1) is 0 Å². The average molecular weight is 411 g/mol. The normalized spacial score (nSPS) is 18.2. The first-order valence-electron chi connectivity index (χ1n) is 7.00. The van der Waals surface area contributed by atoms with Crippen LogP contribution in [0.3, 0.4) is 0 Å². The lowest BCUT2D eigenvalue weighted by Gasteiger charge is -2.20. The van der Waals surface area contributed by atoms with Gasteiger partial charge in [-0.25, -0.2) is 0 Å². The van der Waals surface area contributed by atoms with Crippen LogP contribution in [-0.2, 0) is 6.42 Å². The van der Waals surface area contributed by atoms with Gasteiger partial charge >= 0.3 is 0 Å². The molecule has 0 radical (unpaired) electrons. The molecule has 2 atom stereocenters. The van der Waals surface area contributed by atoms with Crippen LogP contribution in [0.5, 0.6) is 5.75 Å². The van der Waals surface area contributed by atoms with Crippen molar-refractivity contribution in [2.75, 3.05) is 7.05 Å². The van der Waals surface area contributed by atoms with E-state index >= 15 is 0 Å². The Morgan fingerprint density at radius 1 is 1.19 bits per heavy atom. The van der Waals surface area contributed by atoms with Gasteiger partial charge < -0.3 is 10.1 Å². The molecule has 3 rings (SSSR count). The maximum absolute atomic E-state index is 5.79. The Kier molecular flexibility index (Phi) is 4.38. The Hall–Kier alpha value is -0.840. The zero-order valence-electron chi connectivity index (χ0n) is 12.0. The van der Waals surface area contributed by atoms with Crippen LogP contribution in [0.25, 0.3) is 0 Å². The van der Waals surface area contributed by atoms with Crippen LogP contribution in [-0.4, -0.2) is 13.2 Å². The molecule has 1 heterocycles. The Balaban J connectivity index is 2.01. The van der Waals surface area contributed by atoms with Crippen molar-refractivity contribution in [1.29, 1.82) is 0 Å². The second kappa shape index (κ2) is 6.11. The molecule has 2 aromatic rings. The van der Waals surface area contributed by atoms with Crippen LogP contribution < -0.4 is 10.1 Å². The molecule has 2 nitrogen and oxygen atoms in total. The summed E-state index contributed by atoms with van der Waals surface area (Å²) in [7, 11) is 1.99. The van der Waals surface area contributed by atoms with Crippen molar-refractivity contribution in [3.05, 3.63) is 62.0 Å². The van der Waals surface area contributed by atoms with E-state index in [0.29, 0.717) is 0 Å². The predicted octanol–water partition coefficient (Wildman–Crippen LogP) is 4.84. The highest BCUT2D eigenvalue weighted by molar-refractivity contribution is 9.11. The topological polar surface area (TPSA) is 21.3 Å². The van der Waals surface area contributed by atoms with Crippen molar-refractivity contribution in [3.8, 4) is 5.75 Å². The molecule has 0 amide bonds. The summed E-state index contributed by atoms with van der Waals surface area (Å²) in [6, 6.07) is 12.9. The molecular weight excluding hydrogens is 394 g/mol. The van der Waals surface area contributed by atoms with Crippen LogP contribution in [0.15, 0.2) is 45.3 Å². The Morgan fingerprint density at radius 3 is 2.76 bits per heavy atom. The van der Waals surface area contributed by atoms with E-state index in [1.54, 1.807) is 0 Å². The van der Waals surface area contributed by atoms with Crippen molar-refractivity contribution in [3.63, 3.8) is 0 Å². The van der Waals surface area contributed by atoms with Crippen LogP contribution in [0.2, 0.25) is 0 Å². The van der Waals surface area contributed by atoms with Crippen LogP contribution >= 0.6 is 31.9 Å². The summed E-state index contributed by atoms with van der Waals surface area (Å²) >= 11 is 7.21. The molecule has 0 saturated heterocycles. The molecule has 2 aromatic carbocycles. The fraction of sp³-hybridized carbons (Fsp3) is 0.294. The van der Waals surface area contributed by atoms with E-state index in [-0.39, 0.29) is 12.1 Å². The van der Waals surface area contributed by atoms with Crippen molar-refractivity contribution < 1.29 is 4.74 Å². The molecule has 0 bridgehead atoms. The van der Waals surface area contributed by atoms with E-state index in [1.807, 2.05) is 13.1 Å². The van der Waals surface area contributed by atoms with Gasteiger partial charge in [0, 0.05) is 15.4 Å².